The number of rotatable bonds is 10. The summed E-state index contributed by atoms with van der Waals surface area (Å²) in [6, 6.07) is -0.295. The van der Waals surface area contributed by atoms with Gasteiger partial charge in [0.05, 0.1) is 6.04 Å². The first kappa shape index (κ1) is 16.1. The van der Waals surface area contributed by atoms with Crippen molar-refractivity contribution in [2.24, 2.45) is 5.92 Å². The third kappa shape index (κ3) is 7.94. The number of hydrogen-bond acceptors (Lipinski definition) is 2. The molecule has 0 heterocycles. The zero-order chi connectivity index (χ0) is 13.1. The molecule has 0 aliphatic heterocycles. The van der Waals surface area contributed by atoms with Crippen LogP contribution in [0.1, 0.15) is 65.7 Å². The fourth-order valence-electron chi connectivity index (χ4n) is 1.75. The van der Waals surface area contributed by atoms with Crippen LogP contribution < -0.4 is 5.32 Å². The molecule has 0 radical (unpaired) electrons. The Morgan fingerprint density at radius 3 is 2.29 bits per heavy atom. The van der Waals surface area contributed by atoms with Crippen LogP contribution in [-0.2, 0) is 9.59 Å². The van der Waals surface area contributed by atoms with Gasteiger partial charge in [-0.2, -0.15) is 0 Å². The minimum Gasteiger partial charge on any atom is -0.346 e. The quantitative estimate of drug-likeness (QED) is 0.472. The summed E-state index contributed by atoms with van der Waals surface area (Å²) >= 11 is 0. The van der Waals surface area contributed by atoms with Gasteiger partial charge in [0.15, 0.2) is 0 Å². The van der Waals surface area contributed by atoms with E-state index in [0.717, 1.165) is 38.4 Å². The topological polar surface area (TPSA) is 46.2 Å². The van der Waals surface area contributed by atoms with Gasteiger partial charge in [0.2, 0.25) is 5.91 Å². The first-order chi connectivity index (χ1) is 8.15. The van der Waals surface area contributed by atoms with E-state index in [-0.39, 0.29) is 17.9 Å². The highest BCUT2D eigenvalue weighted by atomic mass is 16.2. The van der Waals surface area contributed by atoms with Crippen molar-refractivity contribution in [1.82, 2.24) is 5.32 Å². The number of aldehydes is 1. The molecule has 0 fully saturated rings. The Kier molecular flexibility index (Phi) is 9.78. The molecule has 0 aliphatic rings. The predicted molar refractivity (Wildman–Crippen MR) is 70.8 cm³/mol. The molecule has 0 bridgehead atoms. The van der Waals surface area contributed by atoms with E-state index in [1.165, 1.54) is 12.8 Å². The zero-order valence-corrected chi connectivity index (χ0v) is 11.5. The van der Waals surface area contributed by atoms with E-state index >= 15 is 0 Å². The first-order valence-corrected chi connectivity index (χ1v) is 6.91. The number of amides is 1. The highest BCUT2D eigenvalue weighted by molar-refractivity contribution is 5.81. The second-order valence-corrected chi connectivity index (χ2v) is 4.79. The fraction of sp³-hybridized carbons (Fsp3) is 0.857. The lowest BCUT2D eigenvalue weighted by atomic mass is 10.0. The van der Waals surface area contributed by atoms with Gasteiger partial charge in [0.1, 0.15) is 6.29 Å². The molecule has 3 nitrogen and oxygen atoms in total. The summed E-state index contributed by atoms with van der Waals surface area (Å²) in [5.74, 6) is 0.0416. The average molecular weight is 241 g/mol. The Bertz CT molecular complexity index is 216. The molecule has 1 amide bonds. The Morgan fingerprint density at radius 2 is 1.76 bits per heavy atom. The zero-order valence-electron chi connectivity index (χ0n) is 11.5. The predicted octanol–water partition coefficient (Wildman–Crippen LogP) is 3.08. The molecule has 0 saturated heterocycles. The number of carbonyl (C=O) groups is 2. The van der Waals surface area contributed by atoms with E-state index in [0.29, 0.717) is 0 Å². The average Bonchev–Trinajstić information content (AvgIpc) is 2.34. The summed E-state index contributed by atoms with van der Waals surface area (Å²) < 4.78 is 0. The maximum absolute atomic E-state index is 11.8. The van der Waals surface area contributed by atoms with Crippen molar-refractivity contribution in [1.29, 1.82) is 0 Å². The van der Waals surface area contributed by atoms with Crippen molar-refractivity contribution < 1.29 is 9.59 Å². The van der Waals surface area contributed by atoms with E-state index in [1.54, 1.807) is 0 Å². The molecule has 2 unspecified atom stereocenters. The van der Waals surface area contributed by atoms with Crippen molar-refractivity contribution in [2.75, 3.05) is 0 Å². The molecule has 2 atom stereocenters. The molecule has 0 spiro atoms. The normalized spacial score (nSPS) is 14.1. The van der Waals surface area contributed by atoms with Crippen molar-refractivity contribution >= 4 is 12.2 Å². The van der Waals surface area contributed by atoms with Gasteiger partial charge in [-0.3, -0.25) is 4.79 Å². The van der Waals surface area contributed by atoms with E-state index in [9.17, 15) is 9.59 Å². The van der Waals surface area contributed by atoms with Crippen molar-refractivity contribution in [3.05, 3.63) is 0 Å². The summed E-state index contributed by atoms with van der Waals surface area (Å²) in [6.07, 6.45) is 7.98. The maximum Gasteiger partial charge on any atom is 0.223 e. The Balaban J connectivity index is 3.90. The minimum absolute atomic E-state index is 0.0191. The monoisotopic (exact) mass is 241 g/mol. The number of carbonyl (C=O) groups excluding carboxylic acids is 2. The minimum atomic E-state index is -0.295. The van der Waals surface area contributed by atoms with Gasteiger partial charge in [0.25, 0.3) is 0 Å². The molecular weight excluding hydrogens is 214 g/mol. The summed E-state index contributed by atoms with van der Waals surface area (Å²) in [5, 5.41) is 2.82. The van der Waals surface area contributed by atoms with E-state index < -0.39 is 0 Å². The van der Waals surface area contributed by atoms with Crippen LogP contribution in [0.5, 0.6) is 0 Å². The fourth-order valence-corrected chi connectivity index (χ4v) is 1.75. The van der Waals surface area contributed by atoms with Crippen LogP contribution >= 0.6 is 0 Å². The second-order valence-electron chi connectivity index (χ2n) is 4.79. The highest BCUT2D eigenvalue weighted by Gasteiger charge is 2.16. The Labute approximate surface area is 105 Å². The van der Waals surface area contributed by atoms with Crippen LogP contribution in [0, 0.1) is 5.92 Å². The summed E-state index contributed by atoms with van der Waals surface area (Å²) in [7, 11) is 0. The molecule has 17 heavy (non-hydrogen) atoms. The van der Waals surface area contributed by atoms with Crippen LogP contribution in [0.4, 0.5) is 0 Å². The van der Waals surface area contributed by atoms with Crippen LogP contribution in [0.2, 0.25) is 0 Å². The molecule has 0 aromatic heterocycles. The third-order valence-corrected chi connectivity index (χ3v) is 3.05. The molecular formula is C14H27NO2. The highest BCUT2D eigenvalue weighted by Crippen LogP contribution is 2.10. The summed E-state index contributed by atoms with van der Waals surface area (Å²) in [4.78, 5) is 22.6. The maximum atomic E-state index is 11.8. The van der Waals surface area contributed by atoms with Gasteiger partial charge in [-0.1, -0.05) is 52.9 Å². The SMILES string of the molecule is CCCCCC(C)C(=O)NC(C=O)CCCC. The van der Waals surface area contributed by atoms with Gasteiger partial charge in [-0.25, -0.2) is 0 Å². The molecule has 0 saturated carbocycles. The largest absolute Gasteiger partial charge is 0.346 e. The van der Waals surface area contributed by atoms with Crippen LogP contribution in [0.15, 0.2) is 0 Å². The van der Waals surface area contributed by atoms with Crippen molar-refractivity contribution in [2.45, 2.75) is 71.8 Å². The van der Waals surface area contributed by atoms with Gasteiger partial charge in [0, 0.05) is 5.92 Å². The van der Waals surface area contributed by atoms with Gasteiger partial charge in [-0.15, -0.1) is 0 Å². The number of hydrogen-bond donors (Lipinski definition) is 1. The Hall–Kier alpha value is -0.860. The number of unbranched alkanes of at least 4 members (excludes halogenated alkanes) is 3. The third-order valence-electron chi connectivity index (χ3n) is 3.05. The molecule has 3 heteroatoms. The van der Waals surface area contributed by atoms with E-state index in [2.05, 4.69) is 19.2 Å². The van der Waals surface area contributed by atoms with Crippen LogP contribution in [0.3, 0.4) is 0 Å². The first-order valence-electron chi connectivity index (χ1n) is 6.91. The van der Waals surface area contributed by atoms with Crippen molar-refractivity contribution in [3.8, 4) is 0 Å². The molecule has 1 N–H and O–H groups in total. The smallest absolute Gasteiger partial charge is 0.223 e. The Morgan fingerprint density at radius 1 is 1.12 bits per heavy atom. The molecule has 0 aromatic rings. The lowest BCUT2D eigenvalue weighted by Gasteiger charge is -2.16. The lowest BCUT2D eigenvalue weighted by molar-refractivity contribution is -0.127. The standard InChI is InChI=1S/C14H27NO2/c1-4-6-8-9-12(3)14(17)15-13(11-16)10-7-5-2/h11-13H,4-10H2,1-3H3,(H,15,17). The van der Waals surface area contributed by atoms with Gasteiger partial charge in [-0.05, 0) is 12.8 Å². The van der Waals surface area contributed by atoms with E-state index in [4.69, 9.17) is 0 Å². The van der Waals surface area contributed by atoms with Crippen LogP contribution in [-0.4, -0.2) is 18.2 Å². The number of nitrogens with one attached hydrogen (secondary N) is 1. The lowest BCUT2D eigenvalue weighted by Crippen LogP contribution is -2.39. The summed E-state index contributed by atoms with van der Waals surface area (Å²) in [5.41, 5.74) is 0. The molecule has 0 rings (SSSR count). The van der Waals surface area contributed by atoms with Gasteiger partial charge >= 0.3 is 0 Å². The van der Waals surface area contributed by atoms with Crippen LogP contribution in [0.25, 0.3) is 0 Å². The van der Waals surface area contributed by atoms with Crippen molar-refractivity contribution in [3.63, 3.8) is 0 Å². The molecule has 0 aliphatic carbocycles. The summed E-state index contributed by atoms with van der Waals surface area (Å²) in [6.45, 7) is 6.17. The van der Waals surface area contributed by atoms with Gasteiger partial charge < -0.3 is 10.1 Å². The molecule has 100 valence electrons. The van der Waals surface area contributed by atoms with E-state index in [1.807, 2.05) is 6.92 Å². The second kappa shape index (κ2) is 10.3. The molecule has 0 aromatic carbocycles.